The van der Waals surface area contributed by atoms with Crippen LogP contribution in [0.2, 0.25) is 5.02 Å². The van der Waals surface area contributed by atoms with Crippen LogP contribution in [0.3, 0.4) is 0 Å². The van der Waals surface area contributed by atoms with Crippen molar-refractivity contribution in [2.75, 3.05) is 7.05 Å². The molecule has 0 N–H and O–H groups in total. The molecule has 108 valence electrons. The van der Waals surface area contributed by atoms with Gasteiger partial charge in [0.05, 0.1) is 28.0 Å². The number of rotatable bonds is 4. The average molecular weight is 313 g/mol. The molecule has 7 heteroatoms. The Hall–Kier alpha value is -1.40. The van der Waals surface area contributed by atoms with E-state index >= 15 is 0 Å². The number of thiazole rings is 1. The van der Waals surface area contributed by atoms with E-state index in [9.17, 15) is 4.79 Å². The fraction of sp³-hybridized carbons (Fsp3) is 0.462. The van der Waals surface area contributed by atoms with Crippen molar-refractivity contribution < 1.29 is 4.79 Å². The lowest BCUT2D eigenvalue weighted by Gasteiger charge is -2.16. The first kappa shape index (κ1) is 15.0. The van der Waals surface area contributed by atoms with Gasteiger partial charge in [0.1, 0.15) is 6.54 Å². The van der Waals surface area contributed by atoms with Crippen LogP contribution < -0.4 is 0 Å². The lowest BCUT2D eigenvalue weighted by Crippen LogP contribution is -2.30. The number of carbonyl (C=O) groups is 1. The molecule has 0 bridgehead atoms. The van der Waals surface area contributed by atoms with Crippen molar-refractivity contribution in [3.63, 3.8) is 0 Å². The third kappa shape index (κ3) is 3.19. The first-order chi connectivity index (χ1) is 9.38. The number of hydrogen-bond donors (Lipinski definition) is 0. The fourth-order valence-corrected chi connectivity index (χ4v) is 2.86. The van der Waals surface area contributed by atoms with Gasteiger partial charge in [0, 0.05) is 18.1 Å². The van der Waals surface area contributed by atoms with Gasteiger partial charge in [-0.3, -0.25) is 9.48 Å². The van der Waals surface area contributed by atoms with Gasteiger partial charge in [-0.1, -0.05) is 11.6 Å². The molecule has 0 atom stereocenters. The first-order valence-corrected chi connectivity index (χ1v) is 7.42. The lowest BCUT2D eigenvalue weighted by atomic mass is 10.4. The summed E-state index contributed by atoms with van der Waals surface area (Å²) >= 11 is 7.68. The van der Waals surface area contributed by atoms with Crippen LogP contribution in [0.5, 0.6) is 0 Å². The van der Waals surface area contributed by atoms with Gasteiger partial charge >= 0.3 is 0 Å². The molecule has 2 aromatic rings. The Bertz CT molecular complexity index is 634. The summed E-state index contributed by atoms with van der Waals surface area (Å²) in [6, 6.07) is 0. The summed E-state index contributed by atoms with van der Waals surface area (Å²) < 4.78 is 1.65. The second-order valence-electron chi connectivity index (χ2n) is 4.74. The van der Waals surface area contributed by atoms with Crippen LogP contribution >= 0.6 is 22.9 Å². The molecule has 5 nitrogen and oxygen atoms in total. The maximum atomic E-state index is 12.2. The van der Waals surface area contributed by atoms with Gasteiger partial charge in [-0.05, 0) is 20.8 Å². The van der Waals surface area contributed by atoms with Crippen LogP contribution in [0.15, 0.2) is 6.20 Å². The minimum absolute atomic E-state index is 0.00156. The second-order valence-corrected chi connectivity index (χ2v) is 6.44. The van der Waals surface area contributed by atoms with Crippen LogP contribution in [0.4, 0.5) is 0 Å². The number of aryl methyl sites for hydroxylation is 2. The van der Waals surface area contributed by atoms with Crippen LogP contribution in [0.25, 0.3) is 0 Å². The van der Waals surface area contributed by atoms with Gasteiger partial charge < -0.3 is 4.90 Å². The van der Waals surface area contributed by atoms with Crippen molar-refractivity contribution in [3.8, 4) is 0 Å². The fourth-order valence-electron chi connectivity index (χ4n) is 1.88. The predicted molar refractivity (Wildman–Crippen MR) is 80.0 cm³/mol. The summed E-state index contributed by atoms with van der Waals surface area (Å²) in [5.74, 6) is -0.00156. The third-order valence-corrected chi connectivity index (χ3v) is 4.51. The Balaban J connectivity index is 2.02. The Morgan fingerprint density at radius 3 is 2.65 bits per heavy atom. The number of likely N-dealkylation sites (N-methyl/N-ethyl adjacent to an activating group) is 1. The molecule has 0 spiro atoms. The maximum Gasteiger partial charge on any atom is 0.244 e. The Kier molecular flexibility index (Phi) is 4.45. The number of aromatic nitrogens is 3. The van der Waals surface area contributed by atoms with E-state index < -0.39 is 0 Å². The summed E-state index contributed by atoms with van der Waals surface area (Å²) in [4.78, 5) is 19.1. The molecule has 0 saturated carbocycles. The molecule has 0 unspecified atom stereocenters. The van der Waals surface area contributed by atoms with Gasteiger partial charge in [-0.15, -0.1) is 11.3 Å². The molecule has 2 rings (SSSR count). The van der Waals surface area contributed by atoms with E-state index in [4.69, 9.17) is 11.6 Å². The minimum Gasteiger partial charge on any atom is -0.339 e. The number of amides is 1. The van der Waals surface area contributed by atoms with E-state index in [1.54, 1.807) is 28.0 Å². The molecule has 20 heavy (non-hydrogen) atoms. The van der Waals surface area contributed by atoms with Crippen molar-refractivity contribution in [2.45, 2.75) is 33.9 Å². The molecule has 0 aromatic carbocycles. The standard InChI is InChI=1S/C13H17ClN4OS/c1-8-13(14)9(2)18(16-8)7-12(19)17(4)6-11-5-15-10(3)20-11/h5H,6-7H2,1-4H3. The lowest BCUT2D eigenvalue weighted by molar-refractivity contribution is -0.131. The molecule has 0 aliphatic rings. The van der Waals surface area contributed by atoms with Crippen molar-refractivity contribution in [2.24, 2.45) is 0 Å². The van der Waals surface area contributed by atoms with Crippen molar-refractivity contribution >= 4 is 28.8 Å². The highest BCUT2D eigenvalue weighted by molar-refractivity contribution is 7.11. The van der Waals surface area contributed by atoms with Crippen LogP contribution in [0.1, 0.15) is 21.3 Å². The summed E-state index contributed by atoms with van der Waals surface area (Å²) in [6.07, 6.45) is 1.81. The highest BCUT2D eigenvalue weighted by atomic mass is 35.5. The topological polar surface area (TPSA) is 51.0 Å². The summed E-state index contributed by atoms with van der Waals surface area (Å²) in [5, 5.41) is 5.90. The molecule has 0 aliphatic carbocycles. The second kappa shape index (κ2) is 5.93. The monoisotopic (exact) mass is 312 g/mol. The molecule has 0 saturated heterocycles. The molecule has 0 fully saturated rings. The van der Waals surface area contributed by atoms with Gasteiger partial charge in [-0.25, -0.2) is 4.98 Å². The highest BCUT2D eigenvalue weighted by Crippen LogP contribution is 2.19. The molecular formula is C13H17ClN4OS. The van der Waals surface area contributed by atoms with E-state index in [1.165, 1.54) is 0 Å². The van der Waals surface area contributed by atoms with Crippen LogP contribution in [0, 0.1) is 20.8 Å². The van der Waals surface area contributed by atoms with E-state index in [-0.39, 0.29) is 12.5 Å². The molecule has 0 radical (unpaired) electrons. The third-order valence-electron chi connectivity index (χ3n) is 3.07. The quantitative estimate of drug-likeness (QED) is 0.872. The Labute approximate surface area is 127 Å². The average Bonchev–Trinajstić information content (AvgIpc) is 2.89. The molecule has 1 amide bonds. The number of halogens is 1. The zero-order valence-electron chi connectivity index (χ0n) is 12.0. The van der Waals surface area contributed by atoms with E-state index in [2.05, 4.69) is 10.1 Å². The van der Waals surface area contributed by atoms with Crippen molar-refractivity contribution in [1.82, 2.24) is 19.7 Å². The van der Waals surface area contributed by atoms with Crippen molar-refractivity contribution in [1.29, 1.82) is 0 Å². The summed E-state index contributed by atoms with van der Waals surface area (Å²) in [6.45, 7) is 6.42. The normalized spacial score (nSPS) is 10.8. The van der Waals surface area contributed by atoms with E-state index in [1.807, 2.05) is 27.0 Å². The zero-order valence-corrected chi connectivity index (χ0v) is 13.5. The first-order valence-electron chi connectivity index (χ1n) is 6.23. The van der Waals surface area contributed by atoms with Crippen LogP contribution in [-0.4, -0.2) is 32.6 Å². The van der Waals surface area contributed by atoms with Gasteiger partial charge in [0.15, 0.2) is 0 Å². The summed E-state index contributed by atoms with van der Waals surface area (Å²) in [7, 11) is 1.78. The smallest absolute Gasteiger partial charge is 0.244 e. The SMILES string of the molecule is Cc1ncc(CN(C)C(=O)Cn2nc(C)c(Cl)c2C)s1. The molecule has 0 aliphatic heterocycles. The summed E-state index contributed by atoms with van der Waals surface area (Å²) in [5.41, 5.74) is 1.57. The van der Waals surface area contributed by atoms with Crippen molar-refractivity contribution in [3.05, 3.63) is 32.5 Å². The highest BCUT2D eigenvalue weighted by Gasteiger charge is 2.15. The van der Waals surface area contributed by atoms with E-state index in [0.29, 0.717) is 11.6 Å². The largest absolute Gasteiger partial charge is 0.339 e. The van der Waals surface area contributed by atoms with Crippen LogP contribution in [-0.2, 0) is 17.9 Å². The predicted octanol–water partition coefficient (Wildman–Crippen LogP) is 2.58. The minimum atomic E-state index is -0.00156. The zero-order chi connectivity index (χ0) is 14.9. The molecule has 2 aromatic heterocycles. The molecular weight excluding hydrogens is 296 g/mol. The Morgan fingerprint density at radius 1 is 1.45 bits per heavy atom. The van der Waals surface area contributed by atoms with Gasteiger partial charge in [-0.2, -0.15) is 5.10 Å². The van der Waals surface area contributed by atoms with Gasteiger partial charge in [0.2, 0.25) is 5.91 Å². The number of nitrogens with zero attached hydrogens (tertiary/aromatic N) is 4. The maximum absolute atomic E-state index is 12.2. The van der Waals surface area contributed by atoms with Gasteiger partial charge in [0.25, 0.3) is 0 Å². The Morgan fingerprint density at radius 2 is 2.15 bits per heavy atom. The number of hydrogen-bond acceptors (Lipinski definition) is 4. The number of carbonyl (C=O) groups excluding carboxylic acids is 1. The molecule has 2 heterocycles. The van der Waals surface area contributed by atoms with E-state index in [0.717, 1.165) is 21.3 Å².